The van der Waals surface area contributed by atoms with E-state index >= 15 is 0 Å². The lowest BCUT2D eigenvalue weighted by Gasteiger charge is -2.59. The molecule has 8 nitrogen and oxygen atoms in total. The van der Waals surface area contributed by atoms with E-state index in [4.69, 9.17) is 0 Å². The lowest BCUT2D eigenvalue weighted by molar-refractivity contribution is 0.0386. The van der Waals surface area contributed by atoms with Crippen molar-refractivity contribution in [1.29, 1.82) is 10.8 Å². The van der Waals surface area contributed by atoms with Gasteiger partial charge in [-0.2, -0.15) is 0 Å². The van der Waals surface area contributed by atoms with Crippen molar-refractivity contribution >= 4 is 29.3 Å². The summed E-state index contributed by atoms with van der Waals surface area (Å²) in [6.45, 7) is 0. The highest BCUT2D eigenvalue weighted by molar-refractivity contribution is 6.26. The van der Waals surface area contributed by atoms with Crippen LogP contribution in [0, 0.1) is 28.1 Å². The molecule has 0 aromatic heterocycles. The van der Waals surface area contributed by atoms with Gasteiger partial charge < -0.3 is 5.32 Å². The molecule has 0 radical (unpaired) electrons. The first-order chi connectivity index (χ1) is 21.3. The summed E-state index contributed by atoms with van der Waals surface area (Å²) in [6, 6.07) is 34.5. The van der Waals surface area contributed by atoms with E-state index in [0.29, 0.717) is 11.1 Å². The molecule has 220 valence electrons. The predicted octanol–water partition coefficient (Wildman–Crippen LogP) is 6.01. The van der Waals surface area contributed by atoms with Crippen molar-refractivity contribution in [1.82, 2.24) is 15.1 Å². The largest absolute Gasteiger partial charge is 0.330 e. The number of amidine groups is 2. The highest BCUT2D eigenvalue weighted by Crippen LogP contribution is 2.57. The van der Waals surface area contributed by atoms with Crippen molar-refractivity contribution in [2.24, 2.45) is 17.3 Å². The van der Waals surface area contributed by atoms with E-state index < -0.39 is 35.4 Å². The van der Waals surface area contributed by atoms with Crippen LogP contribution in [0.15, 0.2) is 121 Å². The monoisotopic (exact) mass is 583 g/mol. The lowest BCUT2D eigenvalue weighted by Crippen LogP contribution is -2.74. The van der Waals surface area contributed by atoms with Gasteiger partial charge in [0.25, 0.3) is 0 Å². The van der Waals surface area contributed by atoms with Crippen molar-refractivity contribution in [3.63, 3.8) is 0 Å². The van der Waals surface area contributed by atoms with E-state index in [1.165, 1.54) is 23.9 Å². The van der Waals surface area contributed by atoms with Gasteiger partial charge in [-0.15, -0.1) is 0 Å². The summed E-state index contributed by atoms with van der Waals surface area (Å²) in [5.74, 6) is -3.43. The molecule has 2 saturated heterocycles. The molecule has 8 heteroatoms. The van der Waals surface area contributed by atoms with Crippen molar-refractivity contribution in [3.05, 3.63) is 144 Å². The molecular formula is C36H33N5O3. The summed E-state index contributed by atoms with van der Waals surface area (Å²) in [5, 5.41) is 23.0. The van der Waals surface area contributed by atoms with E-state index in [1.54, 1.807) is 48.5 Å². The minimum Gasteiger partial charge on any atom is -0.302 e. The minimum atomic E-state index is -1.83. The Morgan fingerprint density at radius 2 is 0.909 bits per heavy atom. The molecule has 2 aliphatic rings. The predicted molar refractivity (Wildman–Crippen MR) is 169 cm³/mol. The third-order valence-electron chi connectivity index (χ3n) is 9.03. The Bertz CT molecular complexity index is 1600. The molecule has 0 saturated carbocycles. The summed E-state index contributed by atoms with van der Waals surface area (Å²) in [7, 11) is 2.95. The van der Waals surface area contributed by atoms with Crippen LogP contribution in [0.25, 0.3) is 0 Å². The highest BCUT2D eigenvalue weighted by atomic mass is 16.2. The Kier molecular flexibility index (Phi) is 7.53. The Balaban J connectivity index is 1.72. The van der Waals surface area contributed by atoms with Gasteiger partial charge in [-0.25, -0.2) is 4.79 Å². The SMILES string of the molecule is CN1C(=N)C2(C(=N)N(C)C1=O)C(C(=O)c1ccccc1)C(c1ccccc1)NC(c1ccccc1)C2C(=O)c1ccccc1. The van der Waals surface area contributed by atoms with Crippen LogP contribution in [0.1, 0.15) is 43.9 Å². The normalized spacial score (nSPS) is 25.3. The Morgan fingerprint density at radius 3 is 1.25 bits per heavy atom. The van der Waals surface area contributed by atoms with Crippen LogP contribution < -0.4 is 5.32 Å². The summed E-state index contributed by atoms with van der Waals surface area (Å²) in [4.78, 5) is 45.5. The number of amides is 2. The summed E-state index contributed by atoms with van der Waals surface area (Å²) < 4.78 is 0. The fourth-order valence-electron chi connectivity index (χ4n) is 6.96. The van der Waals surface area contributed by atoms with Gasteiger partial charge in [-0.1, -0.05) is 121 Å². The zero-order valence-corrected chi connectivity index (χ0v) is 24.5. The standard InChI is InChI=1S/C36H33N5O3/c1-40-33(37)36(34(38)41(2)35(40)44)27(31(42)25-19-11-5-12-20-25)29(23-15-7-3-8-16-23)39-30(24-17-9-4-10-18-24)28(36)32(43)26-21-13-6-14-22-26/h3-22,27-30,37-39H,1-2H3. The van der Waals surface area contributed by atoms with Crippen LogP contribution >= 0.6 is 0 Å². The van der Waals surface area contributed by atoms with E-state index in [-0.39, 0.29) is 23.2 Å². The second-order valence-corrected chi connectivity index (χ2v) is 11.3. The number of nitrogens with zero attached hydrogens (tertiary/aromatic N) is 2. The van der Waals surface area contributed by atoms with Crippen molar-refractivity contribution in [2.75, 3.05) is 14.1 Å². The van der Waals surface area contributed by atoms with Crippen LogP contribution in [0.5, 0.6) is 0 Å². The zero-order chi connectivity index (χ0) is 31.0. The summed E-state index contributed by atoms with van der Waals surface area (Å²) in [5.41, 5.74) is 0.507. The molecule has 2 heterocycles. The molecule has 3 N–H and O–H groups in total. The summed E-state index contributed by atoms with van der Waals surface area (Å²) in [6.07, 6.45) is 0. The molecule has 1 spiro atoms. The molecule has 4 unspecified atom stereocenters. The third kappa shape index (κ3) is 4.46. The quantitative estimate of drug-likeness (QED) is 0.241. The van der Waals surface area contributed by atoms with Gasteiger partial charge in [0, 0.05) is 37.3 Å². The van der Waals surface area contributed by atoms with Gasteiger partial charge in [0.15, 0.2) is 11.6 Å². The van der Waals surface area contributed by atoms with Crippen LogP contribution in [0.4, 0.5) is 4.79 Å². The maximum absolute atomic E-state index is 14.9. The second-order valence-electron chi connectivity index (χ2n) is 11.3. The van der Waals surface area contributed by atoms with Crippen LogP contribution in [-0.4, -0.2) is 53.2 Å². The molecule has 4 atom stereocenters. The van der Waals surface area contributed by atoms with Crippen molar-refractivity contribution in [2.45, 2.75) is 12.1 Å². The number of ketones is 2. The van der Waals surface area contributed by atoms with Gasteiger partial charge in [0.2, 0.25) is 0 Å². The summed E-state index contributed by atoms with van der Waals surface area (Å²) >= 11 is 0. The van der Waals surface area contributed by atoms with Gasteiger partial charge >= 0.3 is 6.03 Å². The molecule has 4 aromatic rings. The third-order valence-corrected chi connectivity index (χ3v) is 9.03. The van der Waals surface area contributed by atoms with Crippen LogP contribution in [0.3, 0.4) is 0 Å². The van der Waals surface area contributed by atoms with Gasteiger partial charge in [0.1, 0.15) is 17.1 Å². The fraction of sp³-hybridized carbons (Fsp3) is 0.194. The molecule has 44 heavy (non-hydrogen) atoms. The van der Waals surface area contributed by atoms with Crippen molar-refractivity contribution in [3.8, 4) is 0 Å². The number of hydrogen-bond acceptors (Lipinski definition) is 6. The number of nitrogens with one attached hydrogen (secondary N) is 3. The maximum atomic E-state index is 14.9. The Morgan fingerprint density at radius 1 is 0.591 bits per heavy atom. The lowest BCUT2D eigenvalue weighted by atomic mass is 9.52. The first kappa shape index (κ1) is 28.9. The van der Waals surface area contributed by atoms with Crippen LogP contribution in [0.2, 0.25) is 0 Å². The fourth-order valence-corrected chi connectivity index (χ4v) is 6.96. The van der Waals surface area contributed by atoms with Gasteiger partial charge in [0.05, 0.1) is 11.8 Å². The zero-order valence-electron chi connectivity index (χ0n) is 24.5. The highest BCUT2D eigenvalue weighted by Gasteiger charge is 2.69. The van der Waals surface area contributed by atoms with E-state index in [0.717, 1.165) is 11.1 Å². The number of Topliss-reactive ketones (excluding diaryl/α,β-unsaturated/α-hetero) is 2. The number of carbonyl (C=O) groups excluding carboxylic acids is 3. The number of piperidine rings is 1. The molecule has 4 aromatic carbocycles. The van der Waals surface area contributed by atoms with Crippen molar-refractivity contribution < 1.29 is 14.4 Å². The van der Waals surface area contributed by atoms with E-state index in [1.807, 2.05) is 72.8 Å². The average Bonchev–Trinajstić information content (AvgIpc) is 3.09. The topological polar surface area (TPSA) is 117 Å². The first-order valence-corrected chi connectivity index (χ1v) is 14.5. The van der Waals surface area contributed by atoms with E-state index in [2.05, 4.69) is 5.32 Å². The molecular weight excluding hydrogens is 550 g/mol. The molecule has 6 rings (SSSR count). The number of carbonyl (C=O) groups is 3. The number of rotatable bonds is 6. The molecule has 0 aliphatic carbocycles. The molecule has 2 aliphatic heterocycles. The Hall–Kier alpha value is -5.21. The smallest absolute Gasteiger partial charge is 0.302 e. The Labute approximate surface area is 256 Å². The second kappa shape index (κ2) is 11.5. The van der Waals surface area contributed by atoms with Gasteiger partial charge in [-0.3, -0.25) is 30.2 Å². The average molecular weight is 584 g/mol. The number of urea groups is 1. The molecule has 2 amide bonds. The van der Waals surface area contributed by atoms with Crippen LogP contribution in [-0.2, 0) is 0 Å². The first-order valence-electron chi connectivity index (χ1n) is 14.5. The van der Waals surface area contributed by atoms with Gasteiger partial charge in [-0.05, 0) is 11.1 Å². The number of hydrogen-bond donors (Lipinski definition) is 3. The van der Waals surface area contributed by atoms with E-state index in [9.17, 15) is 25.2 Å². The maximum Gasteiger partial charge on any atom is 0.330 e. The minimum absolute atomic E-state index is 0.252. The number of benzene rings is 4. The molecule has 2 fully saturated rings. The molecule has 0 bridgehead atoms.